The summed E-state index contributed by atoms with van der Waals surface area (Å²) in [6.45, 7) is 8.08. The van der Waals surface area contributed by atoms with Crippen molar-refractivity contribution in [3.63, 3.8) is 0 Å². The summed E-state index contributed by atoms with van der Waals surface area (Å²) < 4.78 is 4.99. The molecule has 2 fully saturated rings. The highest BCUT2D eigenvalue weighted by atomic mass is 16.5. The van der Waals surface area contributed by atoms with Crippen LogP contribution in [0.4, 0.5) is 5.69 Å². The molecule has 3 aliphatic rings. The van der Waals surface area contributed by atoms with E-state index in [0.717, 1.165) is 41.9 Å². The molecule has 3 heterocycles. The first-order chi connectivity index (χ1) is 15.4. The number of nitrogens with zero attached hydrogens (tertiary/aromatic N) is 3. The van der Waals surface area contributed by atoms with Crippen molar-refractivity contribution < 1.29 is 9.32 Å². The second-order valence-electron chi connectivity index (χ2n) is 10.1. The van der Waals surface area contributed by atoms with Crippen molar-refractivity contribution in [2.45, 2.75) is 58.9 Å². The molecule has 1 N–H and O–H groups in total. The summed E-state index contributed by atoms with van der Waals surface area (Å²) in [5.74, 6) is 0.484. The van der Waals surface area contributed by atoms with Crippen LogP contribution in [0.5, 0.6) is 0 Å². The Morgan fingerprint density at radius 2 is 1.81 bits per heavy atom. The van der Waals surface area contributed by atoms with Crippen LogP contribution in [-0.4, -0.2) is 35.9 Å². The third-order valence-electron chi connectivity index (χ3n) is 6.93. The van der Waals surface area contributed by atoms with Gasteiger partial charge in [-0.1, -0.05) is 57.3 Å². The van der Waals surface area contributed by atoms with E-state index < -0.39 is 0 Å². The molecule has 1 aliphatic carbocycles. The first kappa shape index (κ1) is 21.0. The maximum Gasteiger partial charge on any atom is 0.277 e. The Kier molecular flexibility index (Phi) is 5.39. The number of allylic oxidation sites excluding steroid dienone is 1. The van der Waals surface area contributed by atoms with Crippen LogP contribution in [0, 0.1) is 11.3 Å². The molecule has 1 saturated heterocycles. The molecule has 1 atom stereocenters. The number of rotatable bonds is 3. The lowest BCUT2D eigenvalue weighted by Crippen LogP contribution is -2.41. The van der Waals surface area contributed by atoms with E-state index in [1.807, 2.05) is 35.2 Å². The standard InChI is InChI=1S/C26H32N4O2/c1-26(2,3)24-21-22(27-14-15-28-24)25(31)30(23(21)18-7-5-4-6-8-18)19-11-9-17(10-12-19)20-13-16-32-29-20/h9-13,16,18,23,28H,4-8,14-15H2,1-3H3. The average Bonchev–Trinajstić information content (AvgIpc) is 3.34. The van der Waals surface area contributed by atoms with E-state index in [1.54, 1.807) is 6.26 Å². The fraction of sp³-hybridized carbons (Fsp3) is 0.500. The molecule has 2 aliphatic heterocycles. The summed E-state index contributed by atoms with van der Waals surface area (Å²) in [4.78, 5) is 20.7. The summed E-state index contributed by atoms with van der Waals surface area (Å²) >= 11 is 0. The Morgan fingerprint density at radius 1 is 1.06 bits per heavy atom. The van der Waals surface area contributed by atoms with E-state index in [1.165, 1.54) is 25.0 Å². The first-order valence-electron chi connectivity index (χ1n) is 11.8. The van der Waals surface area contributed by atoms with Gasteiger partial charge >= 0.3 is 0 Å². The Balaban J connectivity index is 1.62. The zero-order valence-corrected chi connectivity index (χ0v) is 19.2. The molecular formula is C26H32N4O2. The summed E-state index contributed by atoms with van der Waals surface area (Å²) in [5.41, 5.74) is 5.59. The van der Waals surface area contributed by atoms with Gasteiger partial charge in [-0.05, 0) is 30.9 Å². The van der Waals surface area contributed by atoms with Crippen LogP contribution >= 0.6 is 0 Å². The highest BCUT2D eigenvalue weighted by Gasteiger charge is 2.48. The molecule has 1 aromatic carbocycles. The second kappa shape index (κ2) is 8.23. The molecule has 5 rings (SSSR count). The van der Waals surface area contributed by atoms with Crippen LogP contribution in [0.25, 0.3) is 11.3 Å². The molecule has 2 aromatic rings. The summed E-state index contributed by atoms with van der Waals surface area (Å²) in [6, 6.07) is 9.99. The number of carbonyl (C=O) groups is 1. The highest BCUT2D eigenvalue weighted by molar-refractivity contribution is 6.53. The largest absolute Gasteiger partial charge is 0.386 e. The van der Waals surface area contributed by atoms with Gasteiger partial charge in [0.1, 0.15) is 17.7 Å². The first-order valence-corrected chi connectivity index (χ1v) is 11.8. The van der Waals surface area contributed by atoms with Gasteiger partial charge in [0.15, 0.2) is 0 Å². The monoisotopic (exact) mass is 432 g/mol. The van der Waals surface area contributed by atoms with Gasteiger partial charge in [-0.3, -0.25) is 14.7 Å². The van der Waals surface area contributed by atoms with Crippen molar-refractivity contribution in [2.24, 2.45) is 16.3 Å². The highest BCUT2D eigenvalue weighted by Crippen LogP contribution is 2.43. The van der Waals surface area contributed by atoms with Crippen molar-refractivity contribution in [3.8, 4) is 11.3 Å². The van der Waals surface area contributed by atoms with Gasteiger partial charge < -0.3 is 9.84 Å². The smallest absolute Gasteiger partial charge is 0.277 e. The third-order valence-corrected chi connectivity index (χ3v) is 6.93. The Bertz CT molecular complexity index is 1040. The number of benzene rings is 1. The SMILES string of the molecule is CC(C)(C)C1=C2C(=NCCN1)C(=O)N(c1ccc(-c3ccon3)cc1)C2C1CCCCC1. The van der Waals surface area contributed by atoms with Crippen molar-refractivity contribution in [1.82, 2.24) is 10.5 Å². The summed E-state index contributed by atoms with van der Waals surface area (Å²) in [6.07, 6.45) is 7.62. The van der Waals surface area contributed by atoms with Crippen molar-refractivity contribution in [2.75, 3.05) is 18.0 Å². The second-order valence-corrected chi connectivity index (χ2v) is 10.1. The number of carbonyl (C=O) groups excluding carboxylic acids is 1. The van der Waals surface area contributed by atoms with Gasteiger partial charge in [-0.25, -0.2) is 0 Å². The van der Waals surface area contributed by atoms with Gasteiger partial charge in [0.2, 0.25) is 0 Å². The minimum absolute atomic E-state index is 0.0271. The van der Waals surface area contributed by atoms with Crippen LogP contribution in [0.15, 0.2) is 57.4 Å². The van der Waals surface area contributed by atoms with E-state index in [9.17, 15) is 4.79 Å². The molecule has 6 nitrogen and oxygen atoms in total. The third kappa shape index (κ3) is 3.65. The molecular weight excluding hydrogens is 400 g/mol. The maximum absolute atomic E-state index is 13.8. The van der Waals surface area contributed by atoms with Crippen LogP contribution < -0.4 is 10.2 Å². The normalized spacial score (nSPS) is 22.5. The van der Waals surface area contributed by atoms with E-state index in [-0.39, 0.29) is 17.4 Å². The summed E-state index contributed by atoms with van der Waals surface area (Å²) in [5, 5.41) is 7.68. The van der Waals surface area contributed by atoms with Gasteiger partial charge in [-0.15, -0.1) is 0 Å². The van der Waals surface area contributed by atoms with Gasteiger partial charge in [-0.2, -0.15) is 0 Å². The Hall–Kier alpha value is -2.89. The van der Waals surface area contributed by atoms with E-state index >= 15 is 0 Å². The topological polar surface area (TPSA) is 70.7 Å². The molecule has 1 saturated carbocycles. The molecule has 1 unspecified atom stereocenters. The predicted octanol–water partition coefficient (Wildman–Crippen LogP) is 4.98. The Morgan fingerprint density at radius 3 is 2.47 bits per heavy atom. The van der Waals surface area contributed by atoms with Crippen LogP contribution in [-0.2, 0) is 4.79 Å². The zero-order chi connectivity index (χ0) is 22.3. The number of hydrogen-bond donors (Lipinski definition) is 1. The minimum Gasteiger partial charge on any atom is -0.386 e. The number of hydrogen-bond acceptors (Lipinski definition) is 5. The lowest BCUT2D eigenvalue weighted by atomic mass is 9.77. The summed E-state index contributed by atoms with van der Waals surface area (Å²) in [7, 11) is 0. The molecule has 0 spiro atoms. The number of aromatic nitrogens is 1. The molecule has 0 radical (unpaired) electrons. The fourth-order valence-electron chi connectivity index (χ4n) is 5.49. The molecule has 168 valence electrons. The number of fused-ring (bicyclic) bond motifs is 1. The van der Waals surface area contributed by atoms with Gasteiger partial charge in [0.25, 0.3) is 5.91 Å². The van der Waals surface area contributed by atoms with E-state index in [2.05, 4.69) is 31.2 Å². The number of amides is 1. The number of aliphatic imine (C=N–C) groups is 1. The lowest BCUT2D eigenvalue weighted by molar-refractivity contribution is -0.112. The zero-order valence-electron chi connectivity index (χ0n) is 19.2. The number of anilines is 1. The molecule has 6 heteroatoms. The van der Waals surface area contributed by atoms with Crippen molar-refractivity contribution >= 4 is 17.3 Å². The average molecular weight is 433 g/mol. The van der Waals surface area contributed by atoms with E-state index in [4.69, 9.17) is 9.52 Å². The van der Waals surface area contributed by atoms with Crippen LogP contribution in [0.3, 0.4) is 0 Å². The van der Waals surface area contributed by atoms with E-state index in [0.29, 0.717) is 18.2 Å². The fourth-order valence-corrected chi connectivity index (χ4v) is 5.49. The van der Waals surface area contributed by atoms with Crippen LogP contribution in [0.2, 0.25) is 0 Å². The maximum atomic E-state index is 13.8. The molecule has 32 heavy (non-hydrogen) atoms. The lowest BCUT2D eigenvalue weighted by Gasteiger charge is -2.36. The quantitative estimate of drug-likeness (QED) is 0.742. The minimum atomic E-state index is -0.0829. The van der Waals surface area contributed by atoms with Crippen LogP contribution in [0.1, 0.15) is 52.9 Å². The Labute approximate surface area is 189 Å². The molecule has 1 amide bonds. The molecule has 0 bridgehead atoms. The predicted molar refractivity (Wildman–Crippen MR) is 127 cm³/mol. The van der Waals surface area contributed by atoms with Crippen molar-refractivity contribution in [3.05, 3.63) is 47.9 Å². The van der Waals surface area contributed by atoms with Gasteiger partial charge in [0.05, 0.1) is 12.6 Å². The van der Waals surface area contributed by atoms with Crippen molar-refractivity contribution in [1.29, 1.82) is 0 Å². The van der Waals surface area contributed by atoms with Gasteiger partial charge in [0, 0.05) is 40.5 Å². The molecule has 1 aromatic heterocycles. The number of nitrogens with one attached hydrogen (secondary N) is 1.